The molecule has 0 spiro atoms. The molecule has 10 heterocycles. The van der Waals surface area contributed by atoms with E-state index < -0.39 is 4.92 Å². The van der Waals surface area contributed by atoms with Crippen LogP contribution in [0.5, 0.6) is 0 Å². The molecule has 0 radical (unpaired) electrons. The number of halogens is 4. The molecule has 298 valence electrons. The van der Waals surface area contributed by atoms with Crippen molar-refractivity contribution < 1.29 is 9.31 Å². The summed E-state index contributed by atoms with van der Waals surface area (Å²) in [5.41, 5.74) is 21.6. The highest BCUT2D eigenvalue weighted by Gasteiger charge is 2.22. The minimum Gasteiger partial charge on any atom is -0.358 e. The lowest BCUT2D eigenvalue weighted by atomic mass is 10.3. The van der Waals surface area contributed by atoms with Gasteiger partial charge in [-0.05, 0) is 98.0 Å². The molecule has 0 bridgehead atoms. The minimum atomic E-state index is -0.469. The van der Waals surface area contributed by atoms with Crippen LogP contribution in [0, 0.1) is 19.8 Å². The second kappa shape index (κ2) is 18.5. The molecule has 5 aromatic heterocycles. The largest absolute Gasteiger partial charge is 0.358 e. The van der Waals surface area contributed by atoms with Gasteiger partial charge in [-0.25, -0.2) is 49.1 Å². The van der Waals surface area contributed by atoms with Crippen LogP contribution >= 0.6 is 50.1 Å². The van der Waals surface area contributed by atoms with Crippen molar-refractivity contribution in [3.63, 3.8) is 0 Å². The normalized spacial score (nSPS) is 14.0. The fourth-order valence-electron chi connectivity index (χ4n) is 5.16. The number of aliphatic imine (C=N–C) groups is 5. The SMILES string of the molecule is C.C=C1N=CNn2c(Br)ccc21.C=C1N=CNn2c(Cl)ccc21.C=C1N=CNn2c(F)ccc21.C=C1N=CNn2c(I)ccc21.C=C1N=CNn2c1ccc2[N+](=O)[O-]. The second-order valence-corrected chi connectivity index (χ2v) is 13.7. The van der Waals surface area contributed by atoms with Gasteiger partial charge in [0.15, 0.2) is 5.69 Å². The first-order chi connectivity index (χ1) is 27.3. The van der Waals surface area contributed by atoms with Crippen LogP contribution in [0.25, 0.3) is 28.5 Å². The third kappa shape index (κ3) is 9.11. The number of hydrogen-bond donors (Lipinski definition) is 5. The van der Waals surface area contributed by atoms with Crippen molar-refractivity contribution in [3.8, 4) is 0 Å². The Kier molecular flexibility index (Phi) is 13.5. The number of rotatable bonds is 1. The van der Waals surface area contributed by atoms with E-state index in [4.69, 9.17) is 11.6 Å². The maximum Gasteiger partial charge on any atom is 0.346 e. The maximum absolute atomic E-state index is 12.8. The first kappa shape index (κ1) is 42.4. The number of fused-ring (bicyclic) bond motifs is 5. The van der Waals surface area contributed by atoms with Crippen molar-refractivity contribution in [1.29, 1.82) is 0 Å². The zero-order valence-corrected chi connectivity index (χ0v) is 33.9. The van der Waals surface area contributed by atoms with E-state index in [9.17, 15) is 14.5 Å². The smallest absolute Gasteiger partial charge is 0.346 e. The Morgan fingerprint density at radius 3 is 1.47 bits per heavy atom. The lowest BCUT2D eigenvalue weighted by Crippen LogP contribution is -2.20. The molecule has 5 aromatic rings. The molecule has 0 aliphatic carbocycles. The summed E-state index contributed by atoms with van der Waals surface area (Å²) in [6.07, 6.45) is 7.57. The van der Waals surface area contributed by atoms with Gasteiger partial charge in [0, 0.05) is 6.07 Å². The van der Waals surface area contributed by atoms with Gasteiger partial charge >= 0.3 is 5.82 Å². The molecular formula is C36H34BrClFIN16O2. The number of nitrogens with zero attached hydrogens (tertiary/aromatic N) is 11. The quantitative estimate of drug-likeness (QED) is 0.0641. The molecule has 10 rings (SSSR count). The molecule has 18 nitrogen and oxygen atoms in total. The Labute approximate surface area is 357 Å². The topological polar surface area (TPSA) is 190 Å². The first-order valence-electron chi connectivity index (χ1n) is 16.1. The van der Waals surface area contributed by atoms with Gasteiger partial charge in [0.25, 0.3) is 0 Å². The Bertz CT molecular complexity index is 2330. The van der Waals surface area contributed by atoms with Gasteiger partial charge in [0.05, 0.1) is 45.6 Å². The number of hydrogen-bond acceptors (Lipinski definition) is 12. The van der Waals surface area contributed by atoms with Crippen molar-refractivity contribution in [2.75, 3.05) is 27.1 Å². The van der Waals surface area contributed by atoms with Gasteiger partial charge in [-0.3, -0.25) is 21.7 Å². The van der Waals surface area contributed by atoms with Gasteiger partial charge < -0.3 is 10.1 Å². The highest BCUT2D eigenvalue weighted by molar-refractivity contribution is 14.1. The van der Waals surface area contributed by atoms with Crippen LogP contribution in [-0.4, -0.2) is 60.0 Å². The van der Waals surface area contributed by atoms with E-state index in [1.165, 1.54) is 34.2 Å². The molecule has 0 saturated heterocycles. The molecule has 5 N–H and O–H groups in total. The molecule has 0 amide bonds. The molecule has 0 atom stereocenters. The number of aromatic nitrogens is 5. The summed E-state index contributed by atoms with van der Waals surface area (Å²) in [4.78, 5) is 29.8. The predicted molar refractivity (Wildman–Crippen MR) is 245 cm³/mol. The summed E-state index contributed by atoms with van der Waals surface area (Å²) in [5.74, 6) is -0.366. The van der Waals surface area contributed by atoms with Crippen LogP contribution in [0.2, 0.25) is 5.15 Å². The van der Waals surface area contributed by atoms with Crippen LogP contribution in [0.1, 0.15) is 35.9 Å². The lowest BCUT2D eigenvalue weighted by molar-refractivity contribution is -0.391. The minimum absolute atomic E-state index is 0. The third-order valence-corrected chi connectivity index (χ3v) is 9.65. The van der Waals surface area contributed by atoms with Gasteiger partial charge in [-0.15, -0.1) is 4.68 Å². The van der Waals surface area contributed by atoms with E-state index in [0.29, 0.717) is 27.9 Å². The van der Waals surface area contributed by atoms with Crippen molar-refractivity contribution in [2.45, 2.75) is 7.43 Å². The average Bonchev–Trinajstić information content (AvgIpc) is 4.04. The van der Waals surface area contributed by atoms with Gasteiger partial charge in [0.1, 0.15) is 50.8 Å². The van der Waals surface area contributed by atoms with Crippen molar-refractivity contribution >= 4 is 116 Å². The fourth-order valence-corrected chi connectivity index (χ4v) is 6.36. The van der Waals surface area contributed by atoms with Crippen LogP contribution in [-0.2, 0) is 0 Å². The molecule has 0 aromatic carbocycles. The van der Waals surface area contributed by atoms with Crippen molar-refractivity contribution in [2.24, 2.45) is 25.0 Å². The van der Waals surface area contributed by atoms with E-state index in [1.54, 1.807) is 41.9 Å². The highest BCUT2D eigenvalue weighted by atomic mass is 127. The average molecular weight is 984 g/mol. The molecule has 5 aliphatic heterocycles. The standard InChI is InChI=1S/C7H6BrN3.C7H6ClN3.C7H6FN3.C7H6IN3.C7H6N4O2.CH4/c4*1-5-6-2-3-7(8)11(6)10-4-9-5;1-5-6-2-3-7(11(12)13)10(6)9-4-8-5;/h4*2-4H,1H2,(H,9,10);2-4H,1H2,(H,8,9);1H4. The summed E-state index contributed by atoms with van der Waals surface area (Å²) >= 11 is 11.4. The summed E-state index contributed by atoms with van der Waals surface area (Å²) in [7, 11) is 0. The number of nitrogens with one attached hydrogen (secondary N) is 5. The van der Waals surface area contributed by atoms with Crippen molar-refractivity contribution in [3.05, 3.63) is 152 Å². The molecule has 22 heteroatoms. The van der Waals surface area contributed by atoms with Crippen LogP contribution in [0.15, 0.2) is 123 Å². The number of nitro groups is 1. The molecule has 5 aliphatic rings. The van der Waals surface area contributed by atoms with E-state index in [2.05, 4.69) is 124 Å². The van der Waals surface area contributed by atoms with E-state index >= 15 is 0 Å². The summed E-state index contributed by atoms with van der Waals surface area (Å²) < 4.78 is 23.0. The van der Waals surface area contributed by atoms with E-state index in [1.807, 2.05) is 39.7 Å². The molecule has 0 unspecified atom stereocenters. The first-order valence-corrected chi connectivity index (χ1v) is 18.4. The summed E-state index contributed by atoms with van der Waals surface area (Å²) in [5, 5.41) is 11.1. The van der Waals surface area contributed by atoms with Crippen LogP contribution in [0.3, 0.4) is 0 Å². The molecule has 0 saturated carbocycles. The summed E-state index contributed by atoms with van der Waals surface area (Å²) in [6, 6.07) is 17.6. The van der Waals surface area contributed by atoms with Crippen molar-refractivity contribution in [1.82, 2.24) is 23.4 Å². The highest BCUT2D eigenvalue weighted by Crippen LogP contribution is 2.25. The van der Waals surface area contributed by atoms with E-state index in [-0.39, 0.29) is 19.2 Å². The Balaban J connectivity index is 0.000000138. The lowest BCUT2D eigenvalue weighted by Gasteiger charge is -2.13. The summed E-state index contributed by atoms with van der Waals surface area (Å²) in [6.45, 7) is 18.6. The second-order valence-electron chi connectivity index (χ2n) is 11.3. The third-order valence-electron chi connectivity index (χ3n) is 7.89. The Hall–Kier alpha value is -6.72. The monoisotopic (exact) mass is 982 g/mol. The zero-order valence-electron chi connectivity index (χ0n) is 29.4. The predicted octanol–water partition coefficient (Wildman–Crippen LogP) is 7.92. The Morgan fingerprint density at radius 1 is 0.586 bits per heavy atom. The van der Waals surface area contributed by atoms with Gasteiger partial charge in [-0.1, -0.05) is 51.9 Å². The molecular weight excluding hydrogens is 950 g/mol. The van der Waals surface area contributed by atoms with Crippen LogP contribution in [0.4, 0.5) is 10.2 Å². The van der Waals surface area contributed by atoms with Crippen LogP contribution < -0.4 is 27.1 Å². The fraction of sp³-hybridized carbons (Fsp3) is 0.0278. The molecule has 58 heavy (non-hydrogen) atoms. The zero-order chi connectivity index (χ0) is 40.8. The Morgan fingerprint density at radius 2 is 0.966 bits per heavy atom. The van der Waals surface area contributed by atoms with Gasteiger partial charge in [-0.2, -0.15) is 4.39 Å². The maximum atomic E-state index is 12.8. The van der Waals surface area contributed by atoms with Gasteiger partial charge in [0.2, 0.25) is 5.95 Å². The van der Waals surface area contributed by atoms with E-state index in [0.717, 1.165) is 42.5 Å². The molecule has 0 fully saturated rings.